The summed E-state index contributed by atoms with van der Waals surface area (Å²) in [7, 11) is 0. The summed E-state index contributed by atoms with van der Waals surface area (Å²) < 4.78 is 1.77. The Morgan fingerprint density at radius 2 is 1.91 bits per heavy atom. The summed E-state index contributed by atoms with van der Waals surface area (Å²) >= 11 is 0. The van der Waals surface area contributed by atoms with Crippen LogP contribution in [0.5, 0.6) is 0 Å². The number of hydrogen-bond acceptors (Lipinski definition) is 6. The third-order valence-corrected chi connectivity index (χ3v) is 4.02. The zero-order valence-corrected chi connectivity index (χ0v) is 13.5. The highest BCUT2D eigenvalue weighted by Crippen LogP contribution is 2.32. The fraction of sp³-hybridized carbons (Fsp3) is 0.600. The van der Waals surface area contributed by atoms with Crippen molar-refractivity contribution in [2.45, 2.75) is 45.8 Å². The molecule has 7 heteroatoms. The van der Waals surface area contributed by atoms with Gasteiger partial charge in [0.25, 0.3) is 0 Å². The van der Waals surface area contributed by atoms with Gasteiger partial charge in [0, 0.05) is 30.4 Å². The molecule has 0 bridgehead atoms. The lowest BCUT2D eigenvalue weighted by molar-refractivity contribution is 0.0558. The molecule has 1 aliphatic rings. The van der Waals surface area contributed by atoms with Crippen molar-refractivity contribution < 1.29 is 5.11 Å². The van der Waals surface area contributed by atoms with Gasteiger partial charge in [-0.25, -0.2) is 14.6 Å². The maximum absolute atomic E-state index is 10.9. The zero-order chi connectivity index (χ0) is 15.9. The number of aromatic nitrogens is 5. The van der Waals surface area contributed by atoms with Gasteiger partial charge in [-0.3, -0.25) is 0 Å². The number of β-amino-alcohol motifs (C(OH)–C–C–N with tert-alkyl or cyclic N) is 1. The van der Waals surface area contributed by atoms with E-state index in [4.69, 9.17) is 0 Å². The highest BCUT2D eigenvalue weighted by Gasteiger charge is 2.41. The number of anilines is 1. The summed E-state index contributed by atoms with van der Waals surface area (Å²) in [4.78, 5) is 11.0. The molecule has 0 saturated carbocycles. The van der Waals surface area contributed by atoms with E-state index in [-0.39, 0.29) is 6.04 Å². The summed E-state index contributed by atoms with van der Waals surface area (Å²) in [6, 6.07) is 2.17. The summed E-state index contributed by atoms with van der Waals surface area (Å²) in [6.45, 7) is 9.11. The number of rotatable bonds is 3. The molecule has 7 nitrogen and oxygen atoms in total. The predicted molar refractivity (Wildman–Crippen MR) is 82.6 cm³/mol. The van der Waals surface area contributed by atoms with Crippen molar-refractivity contribution in [1.29, 1.82) is 0 Å². The molecule has 1 N–H and O–H groups in total. The lowest BCUT2D eigenvalue weighted by Gasteiger charge is -2.21. The van der Waals surface area contributed by atoms with Crippen LogP contribution in [0.2, 0.25) is 0 Å². The Labute approximate surface area is 130 Å². The molecule has 0 radical (unpaired) electrons. The molecule has 1 saturated heterocycles. The Kier molecular flexibility index (Phi) is 3.60. The van der Waals surface area contributed by atoms with Gasteiger partial charge in [-0.05, 0) is 33.8 Å². The topological polar surface area (TPSA) is 80.0 Å². The standard InChI is InChI=1S/C15H22N6O/c1-10(2)21-8-13(18-19-21)15(22)5-6-20(9-15)14-16-11(3)7-12(4)17-14/h7-8,10,22H,5-6,9H2,1-4H3. The lowest BCUT2D eigenvalue weighted by atomic mass is 10.00. The van der Waals surface area contributed by atoms with Gasteiger partial charge in [-0.2, -0.15) is 0 Å². The molecule has 1 aliphatic heterocycles. The summed E-state index contributed by atoms with van der Waals surface area (Å²) in [5, 5.41) is 19.2. The molecular formula is C15H22N6O. The van der Waals surface area contributed by atoms with Crippen LogP contribution in [-0.2, 0) is 5.60 Å². The van der Waals surface area contributed by atoms with Crippen molar-refractivity contribution in [3.8, 4) is 0 Å². The van der Waals surface area contributed by atoms with E-state index in [9.17, 15) is 5.11 Å². The number of nitrogens with zero attached hydrogens (tertiary/aromatic N) is 6. The van der Waals surface area contributed by atoms with E-state index < -0.39 is 5.60 Å². The van der Waals surface area contributed by atoms with Crippen LogP contribution < -0.4 is 4.90 Å². The predicted octanol–water partition coefficient (Wildman–Crippen LogP) is 1.36. The van der Waals surface area contributed by atoms with Crippen LogP contribution in [0, 0.1) is 13.8 Å². The first-order chi connectivity index (χ1) is 10.4. The first kappa shape index (κ1) is 14.9. The van der Waals surface area contributed by atoms with Crippen LogP contribution in [0.15, 0.2) is 12.3 Å². The van der Waals surface area contributed by atoms with Gasteiger partial charge in [0.2, 0.25) is 5.95 Å². The minimum Gasteiger partial charge on any atom is -0.381 e. The van der Waals surface area contributed by atoms with E-state index in [0.29, 0.717) is 31.2 Å². The third kappa shape index (κ3) is 2.68. The first-order valence-electron chi connectivity index (χ1n) is 7.59. The van der Waals surface area contributed by atoms with Crippen molar-refractivity contribution in [2.24, 2.45) is 0 Å². The van der Waals surface area contributed by atoms with E-state index in [1.165, 1.54) is 0 Å². The van der Waals surface area contributed by atoms with Crippen LogP contribution in [-0.4, -0.2) is 43.2 Å². The average Bonchev–Trinajstić information content (AvgIpc) is 3.05. The molecule has 22 heavy (non-hydrogen) atoms. The Morgan fingerprint density at radius 1 is 1.23 bits per heavy atom. The zero-order valence-electron chi connectivity index (χ0n) is 13.5. The fourth-order valence-electron chi connectivity index (χ4n) is 2.76. The molecule has 118 valence electrons. The highest BCUT2D eigenvalue weighted by atomic mass is 16.3. The maximum atomic E-state index is 10.9. The molecule has 2 aromatic heterocycles. The number of hydrogen-bond donors (Lipinski definition) is 1. The molecule has 3 rings (SSSR count). The van der Waals surface area contributed by atoms with E-state index in [2.05, 4.69) is 20.3 Å². The van der Waals surface area contributed by atoms with E-state index in [0.717, 1.165) is 11.4 Å². The molecule has 0 amide bonds. The van der Waals surface area contributed by atoms with E-state index >= 15 is 0 Å². The second-order valence-electron chi connectivity index (χ2n) is 6.33. The van der Waals surface area contributed by atoms with E-state index in [1.807, 2.05) is 44.9 Å². The second-order valence-corrected chi connectivity index (χ2v) is 6.33. The van der Waals surface area contributed by atoms with Gasteiger partial charge in [0.05, 0.1) is 12.7 Å². The van der Waals surface area contributed by atoms with Gasteiger partial charge in [-0.1, -0.05) is 5.21 Å². The van der Waals surface area contributed by atoms with Gasteiger partial charge in [0.15, 0.2) is 0 Å². The van der Waals surface area contributed by atoms with Crippen LogP contribution in [0.25, 0.3) is 0 Å². The van der Waals surface area contributed by atoms with Crippen molar-refractivity contribution in [3.63, 3.8) is 0 Å². The number of aliphatic hydroxyl groups is 1. The summed E-state index contributed by atoms with van der Waals surface area (Å²) in [5.74, 6) is 0.671. The average molecular weight is 302 g/mol. The normalized spacial score (nSPS) is 21.8. The van der Waals surface area contributed by atoms with Crippen molar-refractivity contribution >= 4 is 5.95 Å². The minimum atomic E-state index is -0.992. The molecule has 1 fully saturated rings. The van der Waals surface area contributed by atoms with Crippen LogP contribution in [0.4, 0.5) is 5.95 Å². The lowest BCUT2D eigenvalue weighted by Crippen LogP contribution is -2.32. The largest absolute Gasteiger partial charge is 0.381 e. The van der Waals surface area contributed by atoms with Crippen LogP contribution >= 0.6 is 0 Å². The molecule has 0 aromatic carbocycles. The Bertz CT molecular complexity index is 662. The first-order valence-corrected chi connectivity index (χ1v) is 7.59. The molecule has 0 spiro atoms. The molecule has 3 heterocycles. The Hall–Kier alpha value is -2.02. The van der Waals surface area contributed by atoms with Gasteiger partial charge in [-0.15, -0.1) is 5.10 Å². The quantitative estimate of drug-likeness (QED) is 0.922. The van der Waals surface area contributed by atoms with Crippen molar-refractivity contribution in [1.82, 2.24) is 25.0 Å². The minimum absolute atomic E-state index is 0.227. The molecular weight excluding hydrogens is 280 g/mol. The van der Waals surface area contributed by atoms with Gasteiger partial charge >= 0.3 is 0 Å². The highest BCUT2D eigenvalue weighted by molar-refractivity contribution is 5.36. The third-order valence-electron chi connectivity index (χ3n) is 4.02. The smallest absolute Gasteiger partial charge is 0.225 e. The molecule has 1 atom stereocenters. The summed E-state index contributed by atoms with van der Waals surface area (Å²) in [5.41, 5.74) is 1.49. The van der Waals surface area contributed by atoms with Gasteiger partial charge in [0.1, 0.15) is 11.3 Å². The fourth-order valence-corrected chi connectivity index (χ4v) is 2.76. The SMILES string of the molecule is Cc1cc(C)nc(N2CCC(O)(c3cn(C(C)C)nn3)C2)n1. The summed E-state index contributed by atoms with van der Waals surface area (Å²) in [6.07, 6.45) is 2.43. The van der Waals surface area contributed by atoms with Crippen LogP contribution in [0.1, 0.15) is 43.4 Å². The molecule has 2 aromatic rings. The Balaban J connectivity index is 1.83. The van der Waals surface area contributed by atoms with Gasteiger partial charge < -0.3 is 10.0 Å². The van der Waals surface area contributed by atoms with E-state index in [1.54, 1.807) is 4.68 Å². The maximum Gasteiger partial charge on any atom is 0.225 e. The monoisotopic (exact) mass is 302 g/mol. The Morgan fingerprint density at radius 3 is 2.50 bits per heavy atom. The van der Waals surface area contributed by atoms with Crippen LogP contribution in [0.3, 0.4) is 0 Å². The van der Waals surface area contributed by atoms with Crippen molar-refractivity contribution in [2.75, 3.05) is 18.0 Å². The molecule has 0 aliphatic carbocycles. The second kappa shape index (κ2) is 5.31. The molecule has 1 unspecified atom stereocenters. The number of aryl methyl sites for hydroxylation is 2. The van der Waals surface area contributed by atoms with Crippen molar-refractivity contribution in [3.05, 3.63) is 29.3 Å².